The minimum Gasteiger partial charge on any atom is -0.325 e. The van der Waals surface area contributed by atoms with Gasteiger partial charge in [-0.05, 0) is 36.8 Å². The molecule has 0 atom stereocenters. The Labute approximate surface area is 177 Å². The number of para-hydroxylation sites is 1. The second kappa shape index (κ2) is 9.11. The van der Waals surface area contributed by atoms with E-state index >= 15 is 0 Å². The van der Waals surface area contributed by atoms with E-state index < -0.39 is 10.0 Å². The van der Waals surface area contributed by atoms with Gasteiger partial charge in [-0.15, -0.1) is 4.40 Å². The number of thioether (sulfide) groups is 1. The van der Waals surface area contributed by atoms with Gasteiger partial charge in [0.05, 0.1) is 11.4 Å². The number of benzene rings is 2. The first kappa shape index (κ1) is 20.9. The average molecular weight is 482 g/mol. The molecule has 0 bridgehead atoms. The van der Waals surface area contributed by atoms with Gasteiger partial charge in [-0.1, -0.05) is 59.2 Å². The topological polar surface area (TPSA) is 78.8 Å². The summed E-state index contributed by atoms with van der Waals surface area (Å²) < 4.78 is 29.9. The van der Waals surface area contributed by atoms with Crippen molar-refractivity contribution < 1.29 is 13.2 Å². The zero-order valence-corrected chi connectivity index (χ0v) is 18.5. The van der Waals surface area contributed by atoms with E-state index in [-0.39, 0.29) is 16.6 Å². The lowest BCUT2D eigenvalue weighted by atomic mass is 10.2. The molecule has 6 nitrogen and oxygen atoms in total. The summed E-state index contributed by atoms with van der Waals surface area (Å²) in [6.07, 6.45) is 1.85. The molecule has 3 rings (SSSR count). The van der Waals surface area contributed by atoms with Crippen molar-refractivity contribution in [1.29, 1.82) is 0 Å². The highest BCUT2D eigenvalue weighted by atomic mass is 79.9. The van der Waals surface area contributed by atoms with Gasteiger partial charge in [-0.2, -0.15) is 8.42 Å². The standard InChI is InChI=1S/C19H20BrN3O3S2/c1-2-3-11-23-16-9-4-5-10-17(16)28(25,26)22-19(23)27-13-18(24)21-15-8-6-7-14(20)12-15/h4-10,12H,2-3,11,13H2,1H3,(H,21,24). The number of unbranched alkanes of at least 4 members (excludes halogenated alkanes) is 1. The third-order valence-corrected chi connectivity index (χ3v) is 6.94. The number of fused-ring (bicyclic) bond motifs is 1. The predicted octanol–water partition coefficient (Wildman–Crippen LogP) is 4.49. The quantitative estimate of drug-likeness (QED) is 0.657. The third-order valence-electron chi connectivity index (χ3n) is 4.04. The Morgan fingerprint density at radius 1 is 1.21 bits per heavy atom. The van der Waals surface area contributed by atoms with Gasteiger partial charge in [0.1, 0.15) is 4.90 Å². The summed E-state index contributed by atoms with van der Waals surface area (Å²) >= 11 is 4.49. The molecule has 1 aliphatic heterocycles. The molecule has 0 fully saturated rings. The normalized spacial score (nSPS) is 14.9. The Morgan fingerprint density at radius 3 is 2.75 bits per heavy atom. The summed E-state index contributed by atoms with van der Waals surface area (Å²) in [5, 5.41) is 3.14. The molecular formula is C19H20BrN3O3S2. The average Bonchev–Trinajstić information content (AvgIpc) is 2.66. The minimum atomic E-state index is -3.77. The van der Waals surface area contributed by atoms with Gasteiger partial charge in [-0.3, -0.25) is 4.79 Å². The molecule has 1 heterocycles. The highest BCUT2D eigenvalue weighted by Crippen LogP contribution is 2.34. The maximum atomic E-state index is 12.5. The van der Waals surface area contributed by atoms with E-state index in [0.717, 1.165) is 29.1 Å². The second-order valence-electron chi connectivity index (χ2n) is 6.17. The summed E-state index contributed by atoms with van der Waals surface area (Å²) in [6, 6.07) is 14.1. The van der Waals surface area contributed by atoms with Crippen molar-refractivity contribution in [2.45, 2.75) is 24.7 Å². The lowest BCUT2D eigenvalue weighted by Gasteiger charge is -2.30. The molecule has 0 radical (unpaired) electrons. The van der Waals surface area contributed by atoms with Gasteiger partial charge in [0.25, 0.3) is 10.0 Å². The fraction of sp³-hybridized carbons (Fsp3) is 0.263. The Hall–Kier alpha value is -1.84. The van der Waals surface area contributed by atoms with Gasteiger partial charge in [0.15, 0.2) is 5.17 Å². The maximum absolute atomic E-state index is 12.5. The second-order valence-corrected chi connectivity index (χ2v) is 9.60. The Bertz CT molecular complexity index is 1010. The number of anilines is 2. The molecule has 1 N–H and O–H groups in total. The van der Waals surface area contributed by atoms with Crippen LogP contribution in [-0.4, -0.2) is 31.8 Å². The van der Waals surface area contributed by atoms with Crippen molar-refractivity contribution in [2.24, 2.45) is 4.40 Å². The number of amidine groups is 1. The molecule has 0 aromatic heterocycles. The van der Waals surface area contributed by atoms with Crippen LogP contribution < -0.4 is 10.2 Å². The monoisotopic (exact) mass is 481 g/mol. The van der Waals surface area contributed by atoms with E-state index in [2.05, 4.69) is 32.6 Å². The van der Waals surface area contributed by atoms with Crippen LogP contribution in [0.25, 0.3) is 0 Å². The van der Waals surface area contributed by atoms with E-state index in [0.29, 0.717) is 23.1 Å². The molecule has 28 heavy (non-hydrogen) atoms. The van der Waals surface area contributed by atoms with Crippen LogP contribution in [0.5, 0.6) is 0 Å². The summed E-state index contributed by atoms with van der Waals surface area (Å²) in [6.45, 7) is 2.71. The molecular weight excluding hydrogens is 462 g/mol. The van der Waals surface area contributed by atoms with Crippen molar-refractivity contribution in [3.05, 3.63) is 53.0 Å². The maximum Gasteiger partial charge on any atom is 0.286 e. The number of halogens is 1. The van der Waals surface area contributed by atoms with Gasteiger partial charge in [-0.25, -0.2) is 0 Å². The fourth-order valence-corrected chi connectivity index (χ4v) is 5.41. The number of carbonyl (C=O) groups excluding carboxylic acids is 1. The Kier molecular flexibility index (Phi) is 6.79. The molecule has 2 aromatic carbocycles. The number of rotatable bonds is 6. The predicted molar refractivity (Wildman–Crippen MR) is 119 cm³/mol. The third kappa shape index (κ3) is 4.95. The van der Waals surface area contributed by atoms with E-state index in [4.69, 9.17) is 0 Å². The van der Waals surface area contributed by atoms with Crippen molar-refractivity contribution in [2.75, 3.05) is 22.5 Å². The number of hydrogen-bond acceptors (Lipinski definition) is 5. The number of amides is 1. The first-order valence-electron chi connectivity index (χ1n) is 8.80. The van der Waals surface area contributed by atoms with Gasteiger partial charge in [0.2, 0.25) is 5.91 Å². The zero-order valence-electron chi connectivity index (χ0n) is 15.3. The molecule has 0 unspecified atom stereocenters. The SMILES string of the molecule is CCCCN1C(SCC(=O)Nc2cccc(Br)c2)=NS(=O)(=O)c2ccccc21. The van der Waals surface area contributed by atoms with E-state index in [1.807, 2.05) is 17.0 Å². The lowest BCUT2D eigenvalue weighted by molar-refractivity contribution is -0.113. The first-order chi connectivity index (χ1) is 13.4. The highest BCUT2D eigenvalue weighted by molar-refractivity contribution is 9.10. The largest absolute Gasteiger partial charge is 0.325 e. The molecule has 1 amide bonds. The van der Waals surface area contributed by atoms with Crippen LogP contribution in [-0.2, 0) is 14.8 Å². The number of hydrogen-bond donors (Lipinski definition) is 1. The van der Waals surface area contributed by atoms with E-state index in [1.165, 1.54) is 0 Å². The summed E-state index contributed by atoms with van der Waals surface area (Å²) in [4.78, 5) is 14.4. The molecule has 9 heteroatoms. The van der Waals surface area contributed by atoms with Crippen LogP contribution in [0.3, 0.4) is 0 Å². The number of nitrogens with one attached hydrogen (secondary N) is 1. The first-order valence-corrected chi connectivity index (χ1v) is 12.0. The van der Waals surface area contributed by atoms with Crippen molar-refractivity contribution in [3.8, 4) is 0 Å². The molecule has 0 saturated heterocycles. The zero-order chi connectivity index (χ0) is 20.1. The van der Waals surface area contributed by atoms with Gasteiger partial charge in [0, 0.05) is 16.7 Å². The molecule has 148 valence electrons. The van der Waals surface area contributed by atoms with Crippen LogP contribution in [0, 0.1) is 0 Å². The smallest absolute Gasteiger partial charge is 0.286 e. The van der Waals surface area contributed by atoms with E-state index in [1.54, 1.807) is 36.4 Å². The van der Waals surface area contributed by atoms with Gasteiger partial charge < -0.3 is 10.2 Å². The minimum absolute atomic E-state index is 0.0612. The van der Waals surface area contributed by atoms with Crippen LogP contribution in [0.15, 0.2) is 62.3 Å². The van der Waals surface area contributed by atoms with Crippen molar-refractivity contribution in [1.82, 2.24) is 0 Å². The summed E-state index contributed by atoms with van der Waals surface area (Å²) in [7, 11) is -3.77. The Balaban J connectivity index is 1.77. The fourth-order valence-electron chi connectivity index (χ4n) is 2.73. The van der Waals surface area contributed by atoms with Crippen molar-refractivity contribution >= 4 is 60.2 Å². The number of nitrogens with zero attached hydrogens (tertiary/aromatic N) is 2. The van der Waals surface area contributed by atoms with Crippen LogP contribution >= 0.6 is 27.7 Å². The van der Waals surface area contributed by atoms with Crippen LogP contribution in [0.4, 0.5) is 11.4 Å². The lowest BCUT2D eigenvalue weighted by Crippen LogP contribution is -2.35. The molecule has 0 saturated carbocycles. The molecule has 0 spiro atoms. The number of sulfonamides is 1. The molecule has 1 aliphatic rings. The summed E-state index contributed by atoms with van der Waals surface area (Å²) in [5.74, 6) is -0.163. The van der Waals surface area contributed by atoms with Gasteiger partial charge >= 0.3 is 0 Å². The summed E-state index contributed by atoms with van der Waals surface area (Å²) in [5.41, 5.74) is 1.28. The molecule has 0 aliphatic carbocycles. The van der Waals surface area contributed by atoms with Crippen LogP contribution in [0.1, 0.15) is 19.8 Å². The van der Waals surface area contributed by atoms with Crippen molar-refractivity contribution in [3.63, 3.8) is 0 Å². The van der Waals surface area contributed by atoms with Crippen LogP contribution in [0.2, 0.25) is 0 Å². The highest BCUT2D eigenvalue weighted by Gasteiger charge is 2.30. The van der Waals surface area contributed by atoms with E-state index in [9.17, 15) is 13.2 Å². The number of carbonyl (C=O) groups is 1. The Morgan fingerprint density at radius 2 is 2.00 bits per heavy atom. The molecule has 2 aromatic rings.